The highest BCUT2D eigenvalue weighted by molar-refractivity contribution is 6.31. The SMILES string of the molecule is O=C(NC=C1CCOCC1)NCc1ccccc1Cl. The van der Waals surface area contributed by atoms with E-state index in [9.17, 15) is 4.79 Å². The lowest BCUT2D eigenvalue weighted by Gasteiger charge is -2.14. The fraction of sp³-hybridized carbons (Fsp3) is 0.357. The van der Waals surface area contributed by atoms with Crippen molar-refractivity contribution in [1.82, 2.24) is 10.6 Å². The van der Waals surface area contributed by atoms with Crippen molar-refractivity contribution in [2.45, 2.75) is 19.4 Å². The number of nitrogens with one attached hydrogen (secondary N) is 2. The number of benzene rings is 1. The van der Waals surface area contributed by atoms with Gasteiger partial charge in [-0.05, 0) is 30.0 Å². The van der Waals surface area contributed by atoms with Crippen LogP contribution in [-0.2, 0) is 11.3 Å². The first-order chi connectivity index (χ1) is 9.25. The molecule has 0 radical (unpaired) electrons. The van der Waals surface area contributed by atoms with Crippen LogP contribution in [0.3, 0.4) is 0 Å². The lowest BCUT2D eigenvalue weighted by molar-refractivity contribution is 0.119. The molecule has 1 fully saturated rings. The van der Waals surface area contributed by atoms with E-state index >= 15 is 0 Å². The number of carbonyl (C=O) groups excluding carboxylic acids is 1. The number of hydrogen-bond donors (Lipinski definition) is 2. The minimum absolute atomic E-state index is 0.223. The minimum Gasteiger partial charge on any atom is -0.381 e. The molecule has 1 heterocycles. The maximum absolute atomic E-state index is 11.6. The molecule has 1 aliphatic rings. The van der Waals surface area contributed by atoms with Crippen LogP contribution in [0.25, 0.3) is 0 Å². The quantitative estimate of drug-likeness (QED) is 0.894. The van der Waals surface area contributed by atoms with Crippen molar-refractivity contribution in [3.05, 3.63) is 46.6 Å². The second-order valence-corrected chi connectivity index (χ2v) is 4.74. The predicted octanol–water partition coefficient (Wildman–Crippen LogP) is 2.83. The van der Waals surface area contributed by atoms with Gasteiger partial charge in [0.15, 0.2) is 0 Å². The molecule has 2 N–H and O–H groups in total. The maximum atomic E-state index is 11.6. The molecule has 1 saturated heterocycles. The second kappa shape index (κ2) is 7.16. The fourth-order valence-electron chi connectivity index (χ4n) is 1.81. The molecule has 0 aliphatic carbocycles. The summed E-state index contributed by atoms with van der Waals surface area (Å²) in [5.41, 5.74) is 2.11. The lowest BCUT2D eigenvalue weighted by atomic mass is 10.1. The van der Waals surface area contributed by atoms with Crippen LogP contribution in [-0.4, -0.2) is 19.2 Å². The van der Waals surface area contributed by atoms with Crippen LogP contribution in [0, 0.1) is 0 Å². The molecular formula is C14H17ClN2O2. The van der Waals surface area contributed by atoms with Crippen molar-refractivity contribution in [3.63, 3.8) is 0 Å². The number of hydrogen-bond acceptors (Lipinski definition) is 2. The van der Waals surface area contributed by atoms with Crippen LogP contribution >= 0.6 is 11.6 Å². The smallest absolute Gasteiger partial charge is 0.319 e. The van der Waals surface area contributed by atoms with Gasteiger partial charge in [-0.25, -0.2) is 4.79 Å². The highest BCUT2D eigenvalue weighted by atomic mass is 35.5. The standard InChI is InChI=1S/C14H17ClN2O2/c15-13-4-2-1-3-12(13)10-17-14(18)16-9-11-5-7-19-8-6-11/h1-4,9H,5-8,10H2,(H2,16,17,18). The van der Waals surface area contributed by atoms with Gasteiger partial charge in [-0.1, -0.05) is 29.8 Å². The summed E-state index contributed by atoms with van der Waals surface area (Å²) in [6, 6.07) is 7.23. The van der Waals surface area contributed by atoms with E-state index in [4.69, 9.17) is 16.3 Å². The van der Waals surface area contributed by atoms with Gasteiger partial charge in [-0.15, -0.1) is 0 Å². The highest BCUT2D eigenvalue weighted by Gasteiger charge is 2.06. The number of amides is 2. The molecule has 19 heavy (non-hydrogen) atoms. The van der Waals surface area contributed by atoms with E-state index in [0.29, 0.717) is 11.6 Å². The summed E-state index contributed by atoms with van der Waals surface area (Å²) < 4.78 is 5.24. The summed E-state index contributed by atoms with van der Waals surface area (Å²) in [5, 5.41) is 6.16. The van der Waals surface area contributed by atoms with E-state index < -0.39 is 0 Å². The molecule has 2 amide bonds. The van der Waals surface area contributed by atoms with Gasteiger partial charge in [-0.3, -0.25) is 0 Å². The van der Waals surface area contributed by atoms with Crippen molar-refractivity contribution in [2.75, 3.05) is 13.2 Å². The van der Waals surface area contributed by atoms with E-state index in [1.54, 1.807) is 12.3 Å². The lowest BCUT2D eigenvalue weighted by Crippen LogP contribution is -2.32. The van der Waals surface area contributed by atoms with Gasteiger partial charge in [-0.2, -0.15) is 0 Å². The zero-order chi connectivity index (χ0) is 13.5. The molecule has 0 atom stereocenters. The summed E-state index contributed by atoms with van der Waals surface area (Å²) in [7, 11) is 0. The van der Waals surface area contributed by atoms with Crippen molar-refractivity contribution < 1.29 is 9.53 Å². The third-order valence-corrected chi connectivity index (χ3v) is 3.31. The molecular weight excluding hydrogens is 264 g/mol. The van der Waals surface area contributed by atoms with Crippen LogP contribution in [0.5, 0.6) is 0 Å². The first-order valence-corrected chi connectivity index (χ1v) is 6.67. The summed E-state index contributed by atoms with van der Waals surface area (Å²) in [5.74, 6) is 0. The van der Waals surface area contributed by atoms with Crippen LogP contribution < -0.4 is 10.6 Å². The van der Waals surface area contributed by atoms with Gasteiger partial charge in [0.2, 0.25) is 0 Å². The summed E-state index contributed by atoms with van der Waals surface area (Å²) in [6.45, 7) is 1.88. The van der Waals surface area contributed by atoms with Gasteiger partial charge >= 0.3 is 6.03 Å². The average Bonchev–Trinajstić information content (AvgIpc) is 2.45. The van der Waals surface area contributed by atoms with E-state index in [1.165, 1.54) is 5.57 Å². The Morgan fingerprint density at radius 1 is 1.32 bits per heavy atom. The normalized spacial score (nSPS) is 14.9. The van der Waals surface area contributed by atoms with E-state index in [0.717, 1.165) is 31.6 Å². The Labute approximate surface area is 117 Å². The number of urea groups is 1. The third-order valence-electron chi connectivity index (χ3n) is 2.94. The topological polar surface area (TPSA) is 50.4 Å². The average molecular weight is 281 g/mol. The molecule has 4 nitrogen and oxygen atoms in total. The molecule has 0 unspecified atom stereocenters. The predicted molar refractivity (Wildman–Crippen MR) is 75.0 cm³/mol. The second-order valence-electron chi connectivity index (χ2n) is 4.33. The number of halogens is 1. The Morgan fingerprint density at radius 3 is 2.79 bits per heavy atom. The summed E-state index contributed by atoms with van der Waals surface area (Å²) in [6.07, 6.45) is 3.53. The number of ether oxygens (including phenoxy) is 1. The zero-order valence-corrected chi connectivity index (χ0v) is 11.4. The third kappa shape index (κ3) is 4.58. The number of carbonyl (C=O) groups is 1. The Bertz CT molecular complexity index is 466. The van der Waals surface area contributed by atoms with Crippen LogP contribution in [0.1, 0.15) is 18.4 Å². The Kier molecular flexibility index (Phi) is 5.24. The maximum Gasteiger partial charge on any atom is 0.319 e. The van der Waals surface area contributed by atoms with E-state index in [1.807, 2.05) is 18.2 Å². The molecule has 2 rings (SSSR count). The summed E-state index contributed by atoms with van der Waals surface area (Å²) >= 11 is 6.01. The van der Waals surface area contributed by atoms with Crippen molar-refractivity contribution in [1.29, 1.82) is 0 Å². The Hall–Kier alpha value is -1.52. The largest absolute Gasteiger partial charge is 0.381 e. The zero-order valence-electron chi connectivity index (χ0n) is 10.6. The van der Waals surface area contributed by atoms with Crippen molar-refractivity contribution in [2.24, 2.45) is 0 Å². The Balaban J connectivity index is 1.77. The molecule has 0 bridgehead atoms. The molecule has 0 saturated carbocycles. The molecule has 1 aromatic rings. The van der Waals surface area contributed by atoms with Gasteiger partial charge in [0.1, 0.15) is 0 Å². The number of rotatable bonds is 3. The van der Waals surface area contributed by atoms with E-state index in [2.05, 4.69) is 10.6 Å². The van der Waals surface area contributed by atoms with Crippen LogP contribution in [0.15, 0.2) is 36.0 Å². The first kappa shape index (κ1) is 13.9. The minimum atomic E-state index is -0.223. The molecule has 0 aromatic heterocycles. The fourth-order valence-corrected chi connectivity index (χ4v) is 2.02. The van der Waals surface area contributed by atoms with Gasteiger partial charge in [0, 0.05) is 17.8 Å². The van der Waals surface area contributed by atoms with E-state index in [-0.39, 0.29) is 6.03 Å². The molecule has 5 heteroatoms. The molecule has 0 spiro atoms. The van der Waals surface area contributed by atoms with Gasteiger partial charge < -0.3 is 15.4 Å². The molecule has 1 aliphatic heterocycles. The summed E-state index contributed by atoms with van der Waals surface area (Å²) in [4.78, 5) is 11.6. The monoisotopic (exact) mass is 280 g/mol. The van der Waals surface area contributed by atoms with Crippen molar-refractivity contribution in [3.8, 4) is 0 Å². The van der Waals surface area contributed by atoms with Gasteiger partial charge in [0.25, 0.3) is 0 Å². The van der Waals surface area contributed by atoms with Crippen LogP contribution in [0.2, 0.25) is 5.02 Å². The van der Waals surface area contributed by atoms with Gasteiger partial charge in [0.05, 0.1) is 13.2 Å². The highest BCUT2D eigenvalue weighted by Crippen LogP contribution is 2.14. The molecule has 102 valence electrons. The molecule has 1 aromatic carbocycles. The Morgan fingerprint density at radius 2 is 2.05 bits per heavy atom. The first-order valence-electron chi connectivity index (χ1n) is 6.29. The van der Waals surface area contributed by atoms with Crippen LogP contribution in [0.4, 0.5) is 4.79 Å². The van der Waals surface area contributed by atoms with Crippen molar-refractivity contribution >= 4 is 17.6 Å².